The molecule has 1 aliphatic heterocycles. The SMILES string of the molecule is CC1CC(C)CN(c2ccc(C(=O)O)c3ccccc23)C1. The molecule has 1 heterocycles. The molecule has 0 aromatic heterocycles. The highest BCUT2D eigenvalue weighted by atomic mass is 16.4. The maximum Gasteiger partial charge on any atom is 0.336 e. The lowest BCUT2D eigenvalue weighted by Gasteiger charge is -2.37. The van der Waals surface area contributed by atoms with Gasteiger partial charge in [-0.15, -0.1) is 0 Å². The van der Waals surface area contributed by atoms with Gasteiger partial charge >= 0.3 is 5.97 Å². The molecule has 0 radical (unpaired) electrons. The van der Waals surface area contributed by atoms with Gasteiger partial charge in [-0.25, -0.2) is 4.79 Å². The second-order valence-electron chi connectivity index (χ2n) is 6.33. The predicted molar refractivity (Wildman–Crippen MR) is 86.1 cm³/mol. The van der Waals surface area contributed by atoms with Gasteiger partial charge in [-0.05, 0) is 35.8 Å². The molecule has 2 aromatic carbocycles. The fourth-order valence-corrected chi connectivity index (χ4v) is 3.61. The Balaban J connectivity index is 2.11. The minimum Gasteiger partial charge on any atom is -0.478 e. The van der Waals surface area contributed by atoms with Crippen LogP contribution in [-0.2, 0) is 0 Å². The Morgan fingerprint density at radius 3 is 2.29 bits per heavy atom. The summed E-state index contributed by atoms with van der Waals surface area (Å²) in [5.41, 5.74) is 1.54. The van der Waals surface area contributed by atoms with Gasteiger partial charge in [0.2, 0.25) is 0 Å². The summed E-state index contributed by atoms with van der Waals surface area (Å²) >= 11 is 0. The lowest BCUT2D eigenvalue weighted by Crippen LogP contribution is -2.38. The van der Waals surface area contributed by atoms with E-state index in [1.54, 1.807) is 6.07 Å². The number of carbonyl (C=O) groups is 1. The Labute approximate surface area is 125 Å². The molecular weight excluding hydrogens is 262 g/mol. The van der Waals surface area contributed by atoms with Gasteiger partial charge in [-0.3, -0.25) is 0 Å². The largest absolute Gasteiger partial charge is 0.478 e. The van der Waals surface area contributed by atoms with Crippen LogP contribution in [0.25, 0.3) is 10.8 Å². The summed E-state index contributed by atoms with van der Waals surface area (Å²) in [6, 6.07) is 11.5. The quantitative estimate of drug-likeness (QED) is 0.905. The van der Waals surface area contributed by atoms with Crippen molar-refractivity contribution in [3.05, 3.63) is 42.0 Å². The fourth-order valence-electron chi connectivity index (χ4n) is 3.61. The third-order valence-corrected chi connectivity index (χ3v) is 4.34. The van der Waals surface area contributed by atoms with E-state index >= 15 is 0 Å². The van der Waals surface area contributed by atoms with E-state index in [0.29, 0.717) is 17.4 Å². The molecular formula is C18H21NO2. The van der Waals surface area contributed by atoms with Crippen LogP contribution in [0.4, 0.5) is 5.69 Å². The third-order valence-electron chi connectivity index (χ3n) is 4.34. The van der Waals surface area contributed by atoms with E-state index in [1.807, 2.05) is 30.3 Å². The summed E-state index contributed by atoms with van der Waals surface area (Å²) in [5, 5.41) is 11.2. The normalized spacial score (nSPS) is 22.5. The van der Waals surface area contributed by atoms with Crippen LogP contribution in [0, 0.1) is 11.8 Å². The number of fused-ring (bicyclic) bond motifs is 1. The monoisotopic (exact) mass is 283 g/mol. The lowest BCUT2D eigenvalue weighted by molar-refractivity contribution is 0.0699. The molecule has 1 fully saturated rings. The molecule has 0 spiro atoms. The average Bonchev–Trinajstić information content (AvgIpc) is 2.44. The van der Waals surface area contributed by atoms with Crippen molar-refractivity contribution < 1.29 is 9.90 Å². The van der Waals surface area contributed by atoms with Crippen LogP contribution in [0.15, 0.2) is 36.4 Å². The Hall–Kier alpha value is -2.03. The number of nitrogens with zero attached hydrogens (tertiary/aromatic N) is 1. The molecule has 1 saturated heterocycles. The standard InChI is InChI=1S/C18H21NO2/c1-12-9-13(2)11-19(10-12)17-8-7-16(18(20)21)14-5-3-4-6-15(14)17/h3-8,12-13H,9-11H2,1-2H3,(H,20,21). The second kappa shape index (κ2) is 5.40. The maximum absolute atomic E-state index is 11.4. The molecule has 1 N–H and O–H groups in total. The first kappa shape index (κ1) is 13.9. The van der Waals surface area contributed by atoms with Gasteiger partial charge in [0.05, 0.1) is 5.56 Å². The summed E-state index contributed by atoms with van der Waals surface area (Å²) in [6.07, 6.45) is 1.27. The van der Waals surface area contributed by atoms with Crippen molar-refractivity contribution in [3.8, 4) is 0 Å². The summed E-state index contributed by atoms with van der Waals surface area (Å²) < 4.78 is 0. The Kier molecular flexibility index (Phi) is 3.58. The Morgan fingerprint density at radius 2 is 1.67 bits per heavy atom. The number of hydrogen-bond acceptors (Lipinski definition) is 2. The van der Waals surface area contributed by atoms with Crippen molar-refractivity contribution in [2.45, 2.75) is 20.3 Å². The number of rotatable bonds is 2. The second-order valence-corrected chi connectivity index (χ2v) is 6.33. The van der Waals surface area contributed by atoms with E-state index < -0.39 is 5.97 Å². The Morgan fingerprint density at radius 1 is 1.05 bits per heavy atom. The first-order valence-electron chi connectivity index (χ1n) is 7.56. The molecule has 3 nitrogen and oxygen atoms in total. The molecule has 3 heteroatoms. The number of aromatic carboxylic acids is 1. The zero-order valence-corrected chi connectivity index (χ0v) is 12.5. The van der Waals surface area contributed by atoms with Gasteiger partial charge in [0.15, 0.2) is 0 Å². The van der Waals surface area contributed by atoms with Crippen molar-refractivity contribution in [2.24, 2.45) is 11.8 Å². The van der Waals surface area contributed by atoms with Crippen molar-refractivity contribution in [1.82, 2.24) is 0 Å². The number of carboxylic acids is 1. The van der Waals surface area contributed by atoms with E-state index in [0.717, 1.165) is 29.5 Å². The van der Waals surface area contributed by atoms with Crippen LogP contribution in [-0.4, -0.2) is 24.2 Å². The van der Waals surface area contributed by atoms with E-state index in [2.05, 4.69) is 18.7 Å². The van der Waals surface area contributed by atoms with Crippen molar-refractivity contribution in [2.75, 3.05) is 18.0 Å². The molecule has 21 heavy (non-hydrogen) atoms. The third kappa shape index (κ3) is 2.60. The van der Waals surface area contributed by atoms with Crippen LogP contribution in [0.1, 0.15) is 30.6 Å². The number of piperidine rings is 1. The van der Waals surface area contributed by atoms with E-state index in [-0.39, 0.29) is 0 Å². The molecule has 0 saturated carbocycles. The first-order valence-corrected chi connectivity index (χ1v) is 7.56. The summed E-state index contributed by atoms with van der Waals surface area (Å²) in [7, 11) is 0. The molecule has 3 rings (SSSR count). The van der Waals surface area contributed by atoms with Gasteiger partial charge in [0.1, 0.15) is 0 Å². The van der Waals surface area contributed by atoms with E-state index in [9.17, 15) is 9.90 Å². The fraction of sp³-hybridized carbons (Fsp3) is 0.389. The average molecular weight is 283 g/mol. The minimum atomic E-state index is -0.863. The van der Waals surface area contributed by atoms with E-state index in [4.69, 9.17) is 0 Å². The molecule has 2 aromatic rings. The molecule has 2 atom stereocenters. The zero-order valence-electron chi connectivity index (χ0n) is 12.5. The van der Waals surface area contributed by atoms with Crippen LogP contribution in [0.5, 0.6) is 0 Å². The van der Waals surface area contributed by atoms with Gasteiger partial charge in [0, 0.05) is 24.2 Å². The number of benzene rings is 2. The van der Waals surface area contributed by atoms with E-state index in [1.165, 1.54) is 6.42 Å². The molecule has 2 unspecified atom stereocenters. The van der Waals surface area contributed by atoms with Crippen LogP contribution >= 0.6 is 0 Å². The Bertz CT molecular complexity index is 670. The van der Waals surface area contributed by atoms with Gasteiger partial charge in [0.25, 0.3) is 0 Å². The smallest absolute Gasteiger partial charge is 0.336 e. The van der Waals surface area contributed by atoms with Crippen LogP contribution < -0.4 is 4.90 Å². The summed E-state index contributed by atoms with van der Waals surface area (Å²) in [4.78, 5) is 13.8. The van der Waals surface area contributed by atoms with Gasteiger partial charge in [-0.2, -0.15) is 0 Å². The summed E-state index contributed by atoms with van der Waals surface area (Å²) in [5.74, 6) is 0.483. The first-order chi connectivity index (χ1) is 10.1. The molecule has 1 aliphatic rings. The maximum atomic E-state index is 11.4. The highest BCUT2D eigenvalue weighted by molar-refractivity contribution is 6.07. The zero-order chi connectivity index (χ0) is 15.0. The van der Waals surface area contributed by atoms with Crippen molar-refractivity contribution in [3.63, 3.8) is 0 Å². The highest BCUT2D eigenvalue weighted by Gasteiger charge is 2.23. The van der Waals surface area contributed by atoms with Crippen LogP contribution in [0.2, 0.25) is 0 Å². The molecule has 0 amide bonds. The van der Waals surface area contributed by atoms with Gasteiger partial charge in [-0.1, -0.05) is 38.1 Å². The number of hydrogen-bond donors (Lipinski definition) is 1. The lowest BCUT2D eigenvalue weighted by atomic mass is 9.90. The predicted octanol–water partition coefficient (Wildman–Crippen LogP) is 4.02. The number of carboxylic acid groups (broad SMARTS) is 1. The summed E-state index contributed by atoms with van der Waals surface area (Å²) in [6.45, 7) is 6.66. The minimum absolute atomic E-state index is 0.382. The van der Waals surface area contributed by atoms with Gasteiger partial charge < -0.3 is 10.0 Å². The molecule has 110 valence electrons. The topological polar surface area (TPSA) is 40.5 Å². The van der Waals surface area contributed by atoms with Crippen LogP contribution in [0.3, 0.4) is 0 Å². The highest BCUT2D eigenvalue weighted by Crippen LogP contribution is 2.33. The molecule has 0 bridgehead atoms. The van der Waals surface area contributed by atoms with Crippen molar-refractivity contribution in [1.29, 1.82) is 0 Å². The van der Waals surface area contributed by atoms with Crippen molar-refractivity contribution >= 4 is 22.4 Å². The number of anilines is 1. The molecule has 0 aliphatic carbocycles.